The molecule has 17 nitrogen and oxygen atoms in total. The molecule has 0 spiro atoms. The Bertz CT molecular complexity index is 1890. The Hall–Kier alpha value is -1.94. The topological polar surface area (TPSA) is 237 Å². The van der Waals surface area contributed by atoms with E-state index in [1.807, 2.05) is 0 Å². The molecule has 0 aliphatic carbocycles. The molecule has 0 fully saturated rings. The van der Waals surface area contributed by atoms with Crippen LogP contribution in [-0.2, 0) is 65.4 Å². The van der Waals surface area contributed by atoms with E-state index in [2.05, 4.69) is 27.7 Å². The second kappa shape index (κ2) is 75.3. The molecule has 0 aromatic carbocycles. The van der Waals surface area contributed by atoms with Gasteiger partial charge < -0.3 is 33.8 Å². The van der Waals surface area contributed by atoms with Gasteiger partial charge in [-0.1, -0.05) is 387 Å². The van der Waals surface area contributed by atoms with Crippen LogP contribution in [0.25, 0.3) is 0 Å². The van der Waals surface area contributed by atoms with E-state index >= 15 is 0 Å². The first kappa shape index (κ1) is 98.1. The van der Waals surface area contributed by atoms with E-state index in [-0.39, 0.29) is 25.7 Å². The van der Waals surface area contributed by atoms with Crippen molar-refractivity contribution in [1.82, 2.24) is 0 Å². The largest absolute Gasteiger partial charge is 0.472 e. The summed E-state index contributed by atoms with van der Waals surface area (Å²) in [6, 6.07) is 0. The molecule has 0 aliphatic heterocycles. The van der Waals surface area contributed by atoms with E-state index in [4.69, 9.17) is 37.0 Å². The van der Waals surface area contributed by atoms with Crippen molar-refractivity contribution in [3.63, 3.8) is 0 Å². The summed E-state index contributed by atoms with van der Waals surface area (Å²) >= 11 is 0. The smallest absolute Gasteiger partial charge is 0.462 e. The first-order valence-corrected chi connectivity index (χ1v) is 45.3. The van der Waals surface area contributed by atoms with Crippen molar-refractivity contribution in [2.45, 2.75) is 457 Å². The third kappa shape index (κ3) is 74.3. The van der Waals surface area contributed by atoms with Crippen molar-refractivity contribution < 1.29 is 80.2 Å². The fourth-order valence-electron chi connectivity index (χ4n) is 12.6. The van der Waals surface area contributed by atoms with Crippen LogP contribution in [0.4, 0.5) is 0 Å². The third-order valence-corrected chi connectivity index (χ3v) is 21.0. The van der Waals surface area contributed by atoms with Gasteiger partial charge in [-0.05, 0) is 25.7 Å². The summed E-state index contributed by atoms with van der Waals surface area (Å²) < 4.78 is 68.6. The summed E-state index contributed by atoms with van der Waals surface area (Å²) in [5.41, 5.74) is 0. The van der Waals surface area contributed by atoms with Crippen LogP contribution >= 0.6 is 15.6 Å². The highest BCUT2D eigenvalue weighted by atomic mass is 31.2. The number of ether oxygens (including phenoxy) is 4. The second-order valence-electron chi connectivity index (χ2n) is 29.2. The number of rotatable bonds is 82. The number of aliphatic hydroxyl groups excluding tert-OH is 1. The van der Waals surface area contributed by atoms with Gasteiger partial charge in [0.2, 0.25) is 0 Å². The van der Waals surface area contributed by atoms with E-state index in [0.29, 0.717) is 25.7 Å². The lowest BCUT2D eigenvalue weighted by atomic mass is 10.0. The van der Waals surface area contributed by atoms with E-state index in [9.17, 15) is 43.2 Å². The lowest BCUT2D eigenvalue weighted by molar-refractivity contribution is -0.161. The number of hydrogen-bond donors (Lipinski definition) is 3. The van der Waals surface area contributed by atoms with E-state index in [0.717, 1.165) is 103 Å². The zero-order chi connectivity index (χ0) is 73.2. The van der Waals surface area contributed by atoms with Crippen LogP contribution in [0.5, 0.6) is 0 Å². The predicted octanol–water partition coefficient (Wildman–Crippen LogP) is 24.6. The van der Waals surface area contributed by atoms with Crippen molar-refractivity contribution >= 4 is 39.5 Å². The van der Waals surface area contributed by atoms with Gasteiger partial charge in [0.05, 0.1) is 26.4 Å². The van der Waals surface area contributed by atoms with Crippen LogP contribution in [0, 0.1) is 0 Å². The molecule has 100 heavy (non-hydrogen) atoms. The number of phosphoric acid groups is 2. The van der Waals surface area contributed by atoms with E-state index < -0.39 is 97.5 Å². The Kier molecular flexibility index (Phi) is 73.8. The van der Waals surface area contributed by atoms with Gasteiger partial charge in [-0.25, -0.2) is 9.13 Å². The number of carbonyl (C=O) groups excluding carboxylic acids is 4. The summed E-state index contributed by atoms with van der Waals surface area (Å²) in [5.74, 6) is -2.11. The first-order chi connectivity index (χ1) is 48.7. The number of phosphoric ester groups is 2. The van der Waals surface area contributed by atoms with Gasteiger partial charge in [0.25, 0.3) is 0 Å². The molecule has 0 radical (unpaired) electrons. The maximum Gasteiger partial charge on any atom is 0.472 e. The molecular weight excluding hydrogens is 1310 g/mol. The normalized spacial score (nSPS) is 13.8. The van der Waals surface area contributed by atoms with Crippen molar-refractivity contribution in [3.05, 3.63) is 0 Å². The van der Waals surface area contributed by atoms with Crippen LogP contribution < -0.4 is 0 Å². The maximum atomic E-state index is 13.1. The number of carbonyl (C=O) groups is 4. The molecule has 594 valence electrons. The lowest BCUT2D eigenvalue weighted by Gasteiger charge is -2.21. The van der Waals surface area contributed by atoms with Crippen molar-refractivity contribution in [3.8, 4) is 0 Å². The van der Waals surface area contributed by atoms with Crippen LogP contribution in [-0.4, -0.2) is 96.7 Å². The average molecular weight is 1470 g/mol. The van der Waals surface area contributed by atoms with Crippen LogP contribution in [0.1, 0.15) is 439 Å². The Morgan fingerprint density at radius 1 is 0.240 bits per heavy atom. The molecule has 0 aromatic heterocycles. The predicted molar refractivity (Wildman–Crippen MR) is 409 cm³/mol. The Morgan fingerprint density at radius 3 is 0.590 bits per heavy atom. The Labute approximate surface area is 613 Å². The highest BCUT2D eigenvalue weighted by molar-refractivity contribution is 7.47. The van der Waals surface area contributed by atoms with Gasteiger partial charge >= 0.3 is 39.5 Å². The third-order valence-electron chi connectivity index (χ3n) is 19.1. The maximum absolute atomic E-state index is 13.1. The monoisotopic (exact) mass is 1470 g/mol. The van der Waals surface area contributed by atoms with Crippen molar-refractivity contribution in [1.29, 1.82) is 0 Å². The molecule has 19 heteroatoms. The minimum absolute atomic E-state index is 0.108. The number of aliphatic hydroxyl groups is 1. The minimum Gasteiger partial charge on any atom is -0.462 e. The van der Waals surface area contributed by atoms with Crippen molar-refractivity contribution in [2.75, 3.05) is 39.6 Å². The highest BCUT2D eigenvalue weighted by Crippen LogP contribution is 2.45. The molecule has 0 aliphatic rings. The van der Waals surface area contributed by atoms with E-state index in [1.165, 1.54) is 257 Å². The summed E-state index contributed by atoms with van der Waals surface area (Å²) in [6.45, 7) is 4.99. The molecule has 0 amide bonds. The zero-order valence-corrected chi connectivity index (χ0v) is 67.0. The summed E-state index contributed by atoms with van der Waals surface area (Å²) in [5, 5.41) is 10.6. The Balaban J connectivity index is 5.17. The first-order valence-electron chi connectivity index (χ1n) is 42.3. The van der Waals surface area contributed by atoms with E-state index in [1.54, 1.807) is 0 Å². The number of unbranched alkanes of at least 4 members (excludes halogenated alkanes) is 56. The molecule has 2 unspecified atom stereocenters. The summed E-state index contributed by atoms with van der Waals surface area (Å²) in [7, 11) is -9.91. The fraction of sp³-hybridized carbons (Fsp3) is 0.951. The quantitative estimate of drug-likeness (QED) is 0.0222. The van der Waals surface area contributed by atoms with Gasteiger partial charge in [0.1, 0.15) is 19.3 Å². The van der Waals surface area contributed by atoms with Crippen LogP contribution in [0.15, 0.2) is 0 Å². The molecule has 0 saturated carbocycles. The SMILES string of the molecule is CCCCCCCCCCCCCCCCCCCCCCC(=O)O[C@H](COC(=O)CCCCCCCCCCCCCCCCCCCC)COP(=O)(O)OC[C@@H](O)COP(=O)(O)OC[C@@H](COC(=O)CCCCCCCCC)OC(=O)CCCCCCCCCCCCCCCCC. The molecule has 0 aromatic rings. The van der Waals surface area contributed by atoms with Gasteiger partial charge in [0, 0.05) is 25.7 Å². The zero-order valence-electron chi connectivity index (χ0n) is 65.2. The summed E-state index contributed by atoms with van der Waals surface area (Å²) in [4.78, 5) is 72.9. The standard InChI is InChI=1S/C81H158O17P2/c1-5-9-13-17-21-24-27-30-33-35-37-38-40-43-46-49-52-56-60-64-68-81(86)98-77(72-92-79(84)66-62-58-54-50-47-44-42-39-36-34-31-28-25-22-18-14-10-6-2)74-96-100(89,90)94-70-75(82)69-93-99(87,88)95-73-76(71-91-78(83)65-61-57-53-20-16-12-8-4)97-80(85)67-63-59-55-51-48-45-41-32-29-26-23-19-15-11-7-3/h75-77,82H,5-74H2,1-4H3,(H,87,88)(H,89,90)/t75-,76+,77+/m0/s1. The molecule has 0 saturated heterocycles. The van der Waals surface area contributed by atoms with Gasteiger partial charge in [-0.3, -0.25) is 37.3 Å². The highest BCUT2D eigenvalue weighted by Gasteiger charge is 2.30. The van der Waals surface area contributed by atoms with Crippen LogP contribution in [0.2, 0.25) is 0 Å². The molecule has 3 N–H and O–H groups in total. The Morgan fingerprint density at radius 2 is 0.400 bits per heavy atom. The average Bonchev–Trinajstić information content (AvgIpc) is 1.13. The molecule has 0 rings (SSSR count). The number of esters is 4. The molecule has 5 atom stereocenters. The fourth-order valence-corrected chi connectivity index (χ4v) is 14.2. The van der Waals surface area contributed by atoms with Gasteiger partial charge in [0.15, 0.2) is 12.2 Å². The van der Waals surface area contributed by atoms with Crippen molar-refractivity contribution in [2.24, 2.45) is 0 Å². The molecule has 0 bridgehead atoms. The second-order valence-corrected chi connectivity index (χ2v) is 32.1. The minimum atomic E-state index is -4.96. The van der Waals surface area contributed by atoms with Crippen LogP contribution in [0.3, 0.4) is 0 Å². The van der Waals surface area contributed by atoms with Gasteiger partial charge in [-0.15, -0.1) is 0 Å². The van der Waals surface area contributed by atoms with Gasteiger partial charge in [-0.2, -0.15) is 0 Å². The number of hydrogen-bond acceptors (Lipinski definition) is 15. The summed E-state index contributed by atoms with van der Waals surface area (Å²) in [6.07, 6.45) is 68.2. The lowest BCUT2D eigenvalue weighted by Crippen LogP contribution is -2.30. The molecule has 0 heterocycles. The molecular formula is C81H158O17P2.